The van der Waals surface area contributed by atoms with Crippen LogP contribution in [0.15, 0.2) is 34.1 Å². The summed E-state index contributed by atoms with van der Waals surface area (Å²) in [7, 11) is 0. The Morgan fingerprint density at radius 3 is 2.83 bits per heavy atom. The molecule has 1 heterocycles. The van der Waals surface area contributed by atoms with Crippen molar-refractivity contribution in [2.24, 2.45) is 0 Å². The van der Waals surface area contributed by atoms with Crippen LogP contribution < -0.4 is 11.1 Å². The molecule has 0 bridgehead atoms. The molecule has 0 aliphatic rings. The second-order valence-electron chi connectivity index (χ2n) is 3.65. The summed E-state index contributed by atoms with van der Waals surface area (Å²) in [6, 6.07) is 6.81. The van der Waals surface area contributed by atoms with Crippen LogP contribution in [0.4, 0.5) is 5.69 Å². The van der Waals surface area contributed by atoms with Gasteiger partial charge in [0.15, 0.2) is 0 Å². The van der Waals surface area contributed by atoms with Crippen molar-refractivity contribution in [3.63, 3.8) is 0 Å². The summed E-state index contributed by atoms with van der Waals surface area (Å²) in [4.78, 5) is 13.0. The van der Waals surface area contributed by atoms with Crippen molar-refractivity contribution >= 4 is 50.5 Å². The molecule has 0 spiro atoms. The number of hydrogen-bond acceptors (Lipinski definition) is 3. The molecular formula is C12H10BrClN2OS. The standard InChI is InChI=1S/C12H10BrClN2OS/c13-7-3-9(18-6-7)5-16-12(17)10-2-1-8(15)4-11(10)14/h1-4,6H,5,15H2,(H,16,17). The number of nitrogen functional groups attached to an aromatic ring is 1. The molecule has 1 aromatic carbocycles. The van der Waals surface area contributed by atoms with Crippen LogP contribution in [0.2, 0.25) is 5.02 Å². The number of hydrogen-bond donors (Lipinski definition) is 2. The largest absolute Gasteiger partial charge is 0.399 e. The zero-order chi connectivity index (χ0) is 13.1. The number of nitrogens with one attached hydrogen (secondary N) is 1. The molecule has 6 heteroatoms. The van der Waals surface area contributed by atoms with Crippen molar-refractivity contribution in [2.75, 3.05) is 5.73 Å². The SMILES string of the molecule is Nc1ccc(C(=O)NCc2cc(Br)cs2)c(Cl)c1. The van der Waals surface area contributed by atoms with Crippen LogP contribution in [-0.2, 0) is 6.54 Å². The minimum Gasteiger partial charge on any atom is -0.399 e. The molecule has 0 unspecified atom stereocenters. The summed E-state index contributed by atoms with van der Waals surface area (Å²) >= 11 is 10.9. The van der Waals surface area contributed by atoms with Gasteiger partial charge in [0.05, 0.1) is 17.1 Å². The molecule has 18 heavy (non-hydrogen) atoms. The highest BCUT2D eigenvalue weighted by Gasteiger charge is 2.10. The molecule has 0 fully saturated rings. The Kier molecular flexibility index (Phi) is 4.27. The minimum atomic E-state index is -0.204. The van der Waals surface area contributed by atoms with Crippen LogP contribution >= 0.6 is 38.9 Å². The summed E-state index contributed by atoms with van der Waals surface area (Å²) < 4.78 is 1.02. The fourth-order valence-electron chi connectivity index (χ4n) is 1.42. The quantitative estimate of drug-likeness (QED) is 0.834. The maximum atomic E-state index is 11.9. The number of amides is 1. The third kappa shape index (κ3) is 3.25. The zero-order valence-corrected chi connectivity index (χ0v) is 12.4. The Labute approximate surface area is 122 Å². The van der Waals surface area contributed by atoms with E-state index in [-0.39, 0.29) is 5.91 Å². The topological polar surface area (TPSA) is 55.1 Å². The third-order valence-corrected chi connectivity index (χ3v) is 4.29. The van der Waals surface area contributed by atoms with E-state index in [0.29, 0.717) is 22.8 Å². The van der Waals surface area contributed by atoms with Gasteiger partial charge >= 0.3 is 0 Å². The van der Waals surface area contributed by atoms with Gasteiger partial charge in [-0.15, -0.1) is 11.3 Å². The first kappa shape index (κ1) is 13.4. The molecule has 94 valence electrons. The van der Waals surface area contributed by atoms with E-state index >= 15 is 0 Å². The number of thiophene rings is 1. The second-order valence-corrected chi connectivity index (χ2v) is 5.97. The molecule has 0 aliphatic carbocycles. The first-order valence-electron chi connectivity index (χ1n) is 5.12. The van der Waals surface area contributed by atoms with Gasteiger partial charge in [-0.1, -0.05) is 11.6 Å². The minimum absolute atomic E-state index is 0.204. The van der Waals surface area contributed by atoms with Gasteiger partial charge in [-0.25, -0.2) is 0 Å². The second kappa shape index (κ2) is 5.73. The first-order valence-corrected chi connectivity index (χ1v) is 7.17. The molecule has 0 radical (unpaired) electrons. The fourth-order valence-corrected chi connectivity index (χ4v) is 3.09. The van der Waals surface area contributed by atoms with Gasteiger partial charge in [0.1, 0.15) is 0 Å². The van der Waals surface area contributed by atoms with Gasteiger partial charge < -0.3 is 11.1 Å². The summed E-state index contributed by atoms with van der Waals surface area (Å²) in [5.74, 6) is -0.204. The summed E-state index contributed by atoms with van der Waals surface area (Å²) in [6.45, 7) is 0.482. The Morgan fingerprint density at radius 2 is 2.22 bits per heavy atom. The van der Waals surface area contributed by atoms with Gasteiger partial charge in [0, 0.05) is 20.4 Å². The molecule has 3 nitrogen and oxygen atoms in total. The van der Waals surface area contributed by atoms with E-state index in [4.69, 9.17) is 17.3 Å². The molecule has 2 rings (SSSR count). The number of carbonyl (C=O) groups is 1. The van der Waals surface area contributed by atoms with Crippen molar-refractivity contribution in [1.29, 1.82) is 0 Å². The Hall–Kier alpha value is -1.04. The normalized spacial score (nSPS) is 10.3. The van der Waals surface area contributed by atoms with E-state index in [1.54, 1.807) is 29.5 Å². The Morgan fingerprint density at radius 1 is 1.44 bits per heavy atom. The number of halogens is 2. The lowest BCUT2D eigenvalue weighted by Gasteiger charge is -2.06. The molecule has 0 atom stereocenters. The van der Waals surface area contributed by atoms with Gasteiger partial charge in [0.25, 0.3) is 5.91 Å². The lowest BCUT2D eigenvalue weighted by atomic mass is 10.2. The number of carbonyl (C=O) groups excluding carboxylic acids is 1. The average molecular weight is 346 g/mol. The van der Waals surface area contributed by atoms with Crippen LogP contribution in [0, 0.1) is 0 Å². The van der Waals surface area contributed by atoms with E-state index in [2.05, 4.69) is 21.2 Å². The lowest BCUT2D eigenvalue weighted by molar-refractivity contribution is 0.0951. The van der Waals surface area contributed by atoms with E-state index in [1.165, 1.54) is 0 Å². The molecule has 1 amide bonds. The van der Waals surface area contributed by atoms with Crippen molar-refractivity contribution in [3.05, 3.63) is 49.6 Å². The number of benzene rings is 1. The van der Waals surface area contributed by atoms with E-state index in [9.17, 15) is 4.79 Å². The summed E-state index contributed by atoms with van der Waals surface area (Å²) in [6.07, 6.45) is 0. The molecule has 3 N–H and O–H groups in total. The molecule has 1 aromatic heterocycles. The van der Waals surface area contributed by atoms with E-state index < -0.39 is 0 Å². The number of rotatable bonds is 3. The van der Waals surface area contributed by atoms with Crippen LogP contribution in [0.3, 0.4) is 0 Å². The summed E-state index contributed by atoms with van der Waals surface area (Å²) in [5, 5.41) is 5.15. The average Bonchev–Trinajstić information content (AvgIpc) is 2.72. The van der Waals surface area contributed by atoms with Crippen LogP contribution in [0.1, 0.15) is 15.2 Å². The van der Waals surface area contributed by atoms with Crippen molar-refractivity contribution < 1.29 is 4.79 Å². The van der Waals surface area contributed by atoms with Crippen molar-refractivity contribution in [2.45, 2.75) is 6.54 Å². The smallest absolute Gasteiger partial charge is 0.253 e. The van der Waals surface area contributed by atoms with Crippen molar-refractivity contribution in [1.82, 2.24) is 5.32 Å². The molecular weight excluding hydrogens is 336 g/mol. The highest BCUT2D eigenvalue weighted by atomic mass is 79.9. The van der Waals surface area contributed by atoms with Gasteiger partial charge in [-0.3, -0.25) is 4.79 Å². The molecule has 0 saturated heterocycles. The Balaban J connectivity index is 2.03. The van der Waals surface area contributed by atoms with Crippen LogP contribution in [-0.4, -0.2) is 5.91 Å². The van der Waals surface area contributed by atoms with Gasteiger partial charge in [-0.05, 0) is 40.2 Å². The maximum absolute atomic E-state index is 11.9. The highest BCUT2D eigenvalue weighted by Crippen LogP contribution is 2.21. The number of nitrogens with two attached hydrogens (primary N) is 1. The third-order valence-electron chi connectivity index (χ3n) is 2.28. The van der Waals surface area contributed by atoms with E-state index in [0.717, 1.165) is 9.35 Å². The monoisotopic (exact) mass is 344 g/mol. The van der Waals surface area contributed by atoms with E-state index in [1.807, 2.05) is 11.4 Å². The van der Waals surface area contributed by atoms with Crippen LogP contribution in [0.5, 0.6) is 0 Å². The predicted molar refractivity (Wildman–Crippen MR) is 79.1 cm³/mol. The first-order chi connectivity index (χ1) is 8.56. The van der Waals surface area contributed by atoms with Gasteiger partial charge in [-0.2, -0.15) is 0 Å². The number of anilines is 1. The predicted octanol–water partition coefficient (Wildman–Crippen LogP) is 3.68. The van der Waals surface area contributed by atoms with Crippen LogP contribution in [0.25, 0.3) is 0 Å². The summed E-state index contributed by atoms with van der Waals surface area (Å²) in [5.41, 5.74) is 6.55. The van der Waals surface area contributed by atoms with Gasteiger partial charge in [0.2, 0.25) is 0 Å². The highest BCUT2D eigenvalue weighted by molar-refractivity contribution is 9.10. The lowest BCUT2D eigenvalue weighted by Crippen LogP contribution is -2.22. The molecule has 2 aromatic rings. The molecule has 0 saturated carbocycles. The van der Waals surface area contributed by atoms with Crippen molar-refractivity contribution in [3.8, 4) is 0 Å². The maximum Gasteiger partial charge on any atom is 0.253 e. The Bertz CT molecular complexity index is 585. The fraction of sp³-hybridized carbons (Fsp3) is 0.0833. The molecule has 0 aliphatic heterocycles. The zero-order valence-electron chi connectivity index (χ0n) is 9.24.